The van der Waals surface area contributed by atoms with Crippen LogP contribution in [0.1, 0.15) is 39.0 Å². The lowest BCUT2D eigenvalue weighted by molar-refractivity contribution is -0.119. The molecule has 0 aliphatic rings. The molecule has 0 atom stereocenters. The number of aromatic nitrogens is 3. The van der Waals surface area contributed by atoms with E-state index in [2.05, 4.69) is 17.0 Å². The molecule has 0 N–H and O–H groups in total. The third-order valence-electron chi connectivity index (χ3n) is 2.15. The van der Waals surface area contributed by atoms with Crippen LogP contribution in [0.4, 0.5) is 0 Å². The summed E-state index contributed by atoms with van der Waals surface area (Å²) >= 11 is 0. The van der Waals surface area contributed by atoms with Crippen molar-refractivity contribution in [2.45, 2.75) is 45.6 Å². The van der Waals surface area contributed by atoms with E-state index in [0.717, 1.165) is 19.3 Å². The maximum absolute atomic E-state index is 11.4. The van der Waals surface area contributed by atoms with Crippen LogP contribution >= 0.6 is 0 Å². The molecule has 1 aromatic rings. The number of ketones is 1. The Morgan fingerprint density at radius 1 is 1.36 bits per heavy atom. The number of hydrogen-bond acceptors (Lipinski definition) is 3. The van der Waals surface area contributed by atoms with E-state index in [4.69, 9.17) is 0 Å². The molecule has 1 heterocycles. The molecule has 0 saturated heterocycles. The molecule has 0 bridgehead atoms. The van der Waals surface area contributed by atoms with Gasteiger partial charge in [-0.2, -0.15) is 5.10 Å². The number of nitrogens with zero attached hydrogens (tertiary/aromatic N) is 3. The highest BCUT2D eigenvalue weighted by Crippen LogP contribution is 2.02. The summed E-state index contributed by atoms with van der Waals surface area (Å²) in [6.07, 6.45) is 7.74. The molecule has 78 valence electrons. The molecular formula is C10H17N3O. The van der Waals surface area contributed by atoms with Gasteiger partial charge in [-0.3, -0.25) is 9.48 Å². The summed E-state index contributed by atoms with van der Waals surface area (Å²) in [5.74, 6) is 0.328. The molecule has 4 heteroatoms. The minimum atomic E-state index is 0.328. The van der Waals surface area contributed by atoms with Crippen LogP contribution < -0.4 is 0 Å². The molecule has 4 nitrogen and oxygen atoms in total. The molecule has 0 aliphatic heterocycles. The molecule has 0 aromatic carbocycles. The van der Waals surface area contributed by atoms with E-state index in [1.54, 1.807) is 11.0 Å². The summed E-state index contributed by atoms with van der Waals surface area (Å²) in [7, 11) is 0. The van der Waals surface area contributed by atoms with Crippen LogP contribution in [0.2, 0.25) is 0 Å². The van der Waals surface area contributed by atoms with Crippen molar-refractivity contribution in [2.24, 2.45) is 0 Å². The minimum absolute atomic E-state index is 0.328. The topological polar surface area (TPSA) is 47.8 Å². The molecule has 0 saturated carbocycles. The van der Waals surface area contributed by atoms with E-state index in [1.165, 1.54) is 6.33 Å². The number of rotatable bonds is 7. The maximum atomic E-state index is 11.4. The minimum Gasteiger partial charge on any atom is -0.300 e. The van der Waals surface area contributed by atoms with Gasteiger partial charge in [-0.25, -0.2) is 4.98 Å². The highest BCUT2D eigenvalue weighted by molar-refractivity contribution is 5.78. The summed E-state index contributed by atoms with van der Waals surface area (Å²) in [6.45, 7) is 2.80. The van der Waals surface area contributed by atoms with Crippen molar-refractivity contribution in [3.63, 3.8) is 0 Å². The predicted molar refractivity (Wildman–Crippen MR) is 53.8 cm³/mol. The van der Waals surface area contributed by atoms with E-state index in [0.29, 0.717) is 25.2 Å². The van der Waals surface area contributed by atoms with Crippen LogP contribution in [0.25, 0.3) is 0 Å². The Hall–Kier alpha value is -1.19. The fourth-order valence-corrected chi connectivity index (χ4v) is 1.28. The summed E-state index contributed by atoms with van der Waals surface area (Å²) in [6, 6.07) is 0. The van der Waals surface area contributed by atoms with Gasteiger partial charge in [0.15, 0.2) is 0 Å². The number of carbonyl (C=O) groups is 1. The Labute approximate surface area is 84.3 Å². The SMILES string of the molecule is CCCCCC(=O)CCn1cncn1. The summed E-state index contributed by atoms with van der Waals surface area (Å²) < 4.78 is 1.69. The number of hydrogen-bond donors (Lipinski definition) is 0. The third kappa shape index (κ3) is 4.16. The van der Waals surface area contributed by atoms with E-state index < -0.39 is 0 Å². The molecule has 0 fully saturated rings. The largest absolute Gasteiger partial charge is 0.300 e. The lowest BCUT2D eigenvalue weighted by atomic mass is 10.1. The molecule has 0 unspecified atom stereocenters. The maximum Gasteiger partial charge on any atom is 0.137 e. The fourth-order valence-electron chi connectivity index (χ4n) is 1.28. The lowest BCUT2D eigenvalue weighted by Gasteiger charge is -2.00. The first-order valence-electron chi connectivity index (χ1n) is 5.17. The average Bonchev–Trinajstić information content (AvgIpc) is 2.68. The standard InChI is InChI=1S/C10H17N3O/c1-2-3-4-5-10(14)6-7-13-9-11-8-12-13/h8-9H,2-7H2,1H3. The smallest absolute Gasteiger partial charge is 0.137 e. The molecule has 1 aromatic heterocycles. The van der Waals surface area contributed by atoms with Crippen molar-refractivity contribution in [3.8, 4) is 0 Å². The van der Waals surface area contributed by atoms with Crippen molar-refractivity contribution in [3.05, 3.63) is 12.7 Å². The second-order valence-electron chi connectivity index (χ2n) is 3.40. The van der Waals surface area contributed by atoms with Crippen molar-refractivity contribution >= 4 is 5.78 Å². The van der Waals surface area contributed by atoms with Crippen molar-refractivity contribution < 1.29 is 4.79 Å². The van der Waals surface area contributed by atoms with Crippen molar-refractivity contribution in [2.75, 3.05) is 0 Å². The Morgan fingerprint density at radius 2 is 2.21 bits per heavy atom. The van der Waals surface area contributed by atoms with Gasteiger partial charge >= 0.3 is 0 Å². The summed E-state index contributed by atoms with van der Waals surface area (Å²) in [5.41, 5.74) is 0. The van der Waals surface area contributed by atoms with E-state index in [1.807, 2.05) is 0 Å². The number of unbranched alkanes of at least 4 members (excludes halogenated alkanes) is 2. The zero-order valence-electron chi connectivity index (χ0n) is 8.65. The zero-order chi connectivity index (χ0) is 10.2. The second-order valence-corrected chi connectivity index (χ2v) is 3.40. The van der Waals surface area contributed by atoms with Gasteiger partial charge in [0.05, 0.1) is 0 Å². The van der Waals surface area contributed by atoms with Gasteiger partial charge in [0, 0.05) is 19.4 Å². The number of Topliss-reactive ketones (excluding diaryl/α,β-unsaturated/α-hetero) is 1. The highest BCUT2D eigenvalue weighted by Gasteiger charge is 2.01. The number of carbonyl (C=O) groups excluding carboxylic acids is 1. The molecule has 0 radical (unpaired) electrons. The molecule has 0 aliphatic carbocycles. The van der Waals surface area contributed by atoms with Crippen LogP contribution in [0, 0.1) is 0 Å². The van der Waals surface area contributed by atoms with Crippen LogP contribution in [0.5, 0.6) is 0 Å². The van der Waals surface area contributed by atoms with Gasteiger partial charge in [-0.1, -0.05) is 19.8 Å². The second kappa shape index (κ2) is 6.29. The monoisotopic (exact) mass is 195 g/mol. The Morgan fingerprint density at radius 3 is 2.86 bits per heavy atom. The quantitative estimate of drug-likeness (QED) is 0.623. The summed E-state index contributed by atoms with van der Waals surface area (Å²) in [4.78, 5) is 15.2. The van der Waals surface area contributed by atoms with Gasteiger partial charge in [0.1, 0.15) is 18.4 Å². The predicted octanol–water partition coefficient (Wildman–Crippen LogP) is 1.82. The van der Waals surface area contributed by atoms with Gasteiger partial charge in [0.2, 0.25) is 0 Å². The van der Waals surface area contributed by atoms with Gasteiger partial charge in [-0.15, -0.1) is 0 Å². The van der Waals surface area contributed by atoms with Crippen molar-refractivity contribution in [1.82, 2.24) is 14.8 Å². The van der Waals surface area contributed by atoms with E-state index >= 15 is 0 Å². The van der Waals surface area contributed by atoms with E-state index in [-0.39, 0.29) is 0 Å². The molecule has 0 amide bonds. The van der Waals surface area contributed by atoms with E-state index in [9.17, 15) is 4.79 Å². The first-order valence-corrected chi connectivity index (χ1v) is 5.17. The first kappa shape index (κ1) is 10.9. The zero-order valence-corrected chi connectivity index (χ0v) is 8.65. The Balaban J connectivity index is 2.09. The Bertz CT molecular complexity index is 256. The molecule has 1 rings (SSSR count). The molecular weight excluding hydrogens is 178 g/mol. The highest BCUT2D eigenvalue weighted by atomic mass is 16.1. The average molecular weight is 195 g/mol. The molecule has 14 heavy (non-hydrogen) atoms. The first-order chi connectivity index (χ1) is 6.83. The fraction of sp³-hybridized carbons (Fsp3) is 0.700. The van der Waals surface area contributed by atoms with Crippen LogP contribution in [0.3, 0.4) is 0 Å². The van der Waals surface area contributed by atoms with Crippen LogP contribution in [-0.4, -0.2) is 20.5 Å². The summed E-state index contributed by atoms with van der Waals surface area (Å²) in [5, 5.41) is 3.94. The van der Waals surface area contributed by atoms with Crippen LogP contribution in [-0.2, 0) is 11.3 Å². The number of aryl methyl sites for hydroxylation is 1. The van der Waals surface area contributed by atoms with Gasteiger partial charge < -0.3 is 0 Å². The van der Waals surface area contributed by atoms with Gasteiger partial charge in [0.25, 0.3) is 0 Å². The normalized spacial score (nSPS) is 10.4. The lowest BCUT2D eigenvalue weighted by Crippen LogP contribution is -2.05. The van der Waals surface area contributed by atoms with Gasteiger partial charge in [-0.05, 0) is 6.42 Å². The van der Waals surface area contributed by atoms with Crippen LogP contribution in [0.15, 0.2) is 12.7 Å². The Kier molecular flexibility index (Phi) is 4.89. The third-order valence-corrected chi connectivity index (χ3v) is 2.15. The van der Waals surface area contributed by atoms with Crippen molar-refractivity contribution in [1.29, 1.82) is 0 Å². The molecule has 0 spiro atoms.